The van der Waals surface area contributed by atoms with Crippen molar-refractivity contribution >= 4 is 15.7 Å². The first-order valence-corrected chi connectivity index (χ1v) is 8.80. The van der Waals surface area contributed by atoms with E-state index >= 15 is 0 Å². The molecule has 0 aliphatic rings. The standard InChI is InChI=1S/C17H19NO3S/c1-12-7-9-14(10-8-12)17(18-13(2)19)15-5-4-6-16(11-15)22(3,20)21/h4-11,17H,1-3H3,(H,18,19)/t17-/m0/s1. The monoisotopic (exact) mass is 317 g/mol. The average Bonchev–Trinajstić information content (AvgIpc) is 2.45. The van der Waals surface area contributed by atoms with Crippen LogP contribution in [0.4, 0.5) is 0 Å². The summed E-state index contributed by atoms with van der Waals surface area (Å²) in [6.07, 6.45) is 1.17. The summed E-state index contributed by atoms with van der Waals surface area (Å²) in [6.45, 7) is 3.43. The van der Waals surface area contributed by atoms with Crippen molar-refractivity contribution in [1.82, 2.24) is 5.32 Å². The Morgan fingerprint density at radius 1 is 1.05 bits per heavy atom. The summed E-state index contributed by atoms with van der Waals surface area (Å²) >= 11 is 0. The molecule has 2 aromatic rings. The van der Waals surface area contributed by atoms with Gasteiger partial charge < -0.3 is 5.32 Å². The molecule has 0 aliphatic heterocycles. The first kappa shape index (κ1) is 16.2. The van der Waals surface area contributed by atoms with Crippen LogP contribution in [0.1, 0.15) is 29.7 Å². The molecule has 0 bridgehead atoms. The van der Waals surface area contributed by atoms with Gasteiger partial charge in [-0.1, -0.05) is 42.0 Å². The van der Waals surface area contributed by atoms with Crippen LogP contribution in [-0.2, 0) is 14.6 Å². The van der Waals surface area contributed by atoms with E-state index in [1.165, 1.54) is 13.2 Å². The van der Waals surface area contributed by atoms with Gasteiger partial charge in [0.15, 0.2) is 9.84 Å². The Bertz CT molecular complexity index is 780. The topological polar surface area (TPSA) is 63.2 Å². The van der Waals surface area contributed by atoms with Crippen LogP contribution in [0.15, 0.2) is 53.4 Å². The van der Waals surface area contributed by atoms with Gasteiger partial charge in [0.2, 0.25) is 5.91 Å². The highest BCUT2D eigenvalue weighted by Gasteiger charge is 2.17. The smallest absolute Gasteiger partial charge is 0.217 e. The fraction of sp³-hybridized carbons (Fsp3) is 0.235. The normalized spacial score (nSPS) is 12.7. The highest BCUT2D eigenvalue weighted by Crippen LogP contribution is 2.24. The van der Waals surface area contributed by atoms with E-state index in [0.29, 0.717) is 0 Å². The molecule has 0 saturated heterocycles. The molecule has 0 spiro atoms. The van der Waals surface area contributed by atoms with Crippen molar-refractivity contribution in [3.05, 3.63) is 65.2 Å². The zero-order valence-corrected chi connectivity index (χ0v) is 13.6. The summed E-state index contributed by atoms with van der Waals surface area (Å²) in [5, 5.41) is 2.88. The van der Waals surface area contributed by atoms with Crippen LogP contribution < -0.4 is 5.32 Å². The zero-order chi connectivity index (χ0) is 16.3. The van der Waals surface area contributed by atoms with Crippen molar-refractivity contribution in [2.24, 2.45) is 0 Å². The molecule has 0 radical (unpaired) electrons. The Balaban J connectivity index is 2.50. The van der Waals surface area contributed by atoms with E-state index in [4.69, 9.17) is 0 Å². The highest BCUT2D eigenvalue weighted by molar-refractivity contribution is 7.90. The van der Waals surface area contributed by atoms with Crippen molar-refractivity contribution in [2.45, 2.75) is 24.8 Å². The number of rotatable bonds is 4. The number of nitrogens with one attached hydrogen (secondary N) is 1. The van der Waals surface area contributed by atoms with Crippen LogP contribution in [0.2, 0.25) is 0 Å². The molecule has 2 rings (SSSR count). The quantitative estimate of drug-likeness (QED) is 0.943. The number of benzene rings is 2. The predicted octanol–water partition coefficient (Wildman–Crippen LogP) is 2.62. The summed E-state index contributed by atoms with van der Waals surface area (Å²) in [5.74, 6) is -0.171. The maximum Gasteiger partial charge on any atom is 0.217 e. The molecule has 1 N–H and O–H groups in total. The number of aryl methyl sites for hydroxylation is 1. The molecular formula is C17H19NO3S. The Morgan fingerprint density at radius 3 is 2.23 bits per heavy atom. The number of hydrogen-bond acceptors (Lipinski definition) is 3. The minimum absolute atomic E-state index is 0.171. The van der Waals surface area contributed by atoms with Crippen LogP contribution in [0.5, 0.6) is 0 Å². The average molecular weight is 317 g/mol. The molecule has 0 saturated carbocycles. The van der Waals surface area contributed by atoms with Crippen molar-refractivity contribution in [2.75, 3.05) is 6.26 Å². The first-order chi connectivity index (χ1) is 10.3. The van der Waals surface area contributed by atoms with E-state index in [1.54, 1.807) is 18.2 Å². The SMILES string of the molecule is CC(=O)N[C@@H](c1ccc(C)cc1)c1cccc(S(C)(=O)=O)c1. The second kappa shape index (κ2) is 6.32. The van der Waals surface area contributed by atoms with E-state index < -0.39 is 9.84 Å². The molecule has 0 aromatic heterocycles. The summed E-state index contributed by atoms with van der Waals surface area (Å²) < 4.78 is 23.4. The van der Waals surface area contributed by atoms with E-state index in [9.17, 15) is 13.2 Å². The number of hydrogen-bond donors (Lipinski definition) is 1. The second-order valence-electron chi connectivity index (χ2n) is 5.39. The number of amides is 1. The van der Waals surface area contributed by atoms with Crippen molar-refractivity contribution in [3.8, 4) is 0 Å². The molecule has 5 heteroatoms. The Kier molecular flexibility index (Phi) is 4.66. The van der Waals surface area contributed by atoms with Gasteiger partial charge in [0.05, 0.1) is 10.9 Å². The van der Waals surface area contributed by atoms with Crippen LogP contribution in [0.25, 0.3) is 0 Å². The lowest BCUT2D eigenvalue weighted by molar-refractivity contribution is -0.119. The minimum atomic E-state index is -3.29. The molecule has 0 unspecified atom stereocenters. The molecule has 0 aliphatic carbocycles. The lowest BCUT2D eigenvalue weighted by atomic mass is 9.98. The predicted molar refractivity (Wildman–Crippen MR) is 86.4 cm³/mol. The lowest BCUT2D eigenvalue weighted by Gasteiger charge is -2.19. The van der Waals surface area contributed by atoms with Crippen LogP contribution in [-0.4, -0.2) is 20.6 Å². The fourth-order valence-electron chi connectivity index (χ4n) is 2.25. The summed E-state index contributed by atoms with van der Waals surface area (Å²) in [5.41, 5.74) is 2.77. The van der Waals surface area contributed by atoms with E-state index in [1.807, 2.05) is 37.3 Å². The highest BCUT2D eigenvalue weighted by atomic mass is 32.2. The Labute approximate surface area is 131 Å². The zero-order valence-electron chi connectivity index (χ0n) is 12.8. The molecular weight excluding hydrogens is 298 g/mol. The molecule has 2 aromatic carbocycles. The van der Waals surface area contributed by atoms with Gasteiger partial charge >= 0.3 is 0 Å². The van der Waals surface area contributed by atoms with Gasteiger partial charge in [-0.25, -0.2) is 8.42 Å². The summed E-state index contributed by atoms with van der Waals surface area (Å²) in [4.78, 5) is 11.8. The molecule has 0 fully saturated rings. The van der Waals surface area contributed by atoms with Gasteiger partial charge in [-0.3, -0.25) is 4.79 Å². The number of sulfone groups is 1. The van der Waals surface area contributed by atoms with E-state index in [-0.39, 0.29) is 16.8 Å². The molecule has 1 atom stereocenters. The van der Waals surface area contributed by atoms with Crippen LogP contribution >= 0.6 is 0 Å². The summed E-state index contributed by atoms with van der Waals surface area (Å²) in [7, 11) is -3.29. The van der Waals surface area contributed by atoms with Gasteiger partial charge in [-0.05, 0) is 30.2 Å². The maximum atomic E-state index is 11.7. The fourth-order valence-corrected chi connectivity index (χ4v) is 2.92. The molecule has 116 valence electrons. The first-order valence-electron chi connectivity index (χ1n) is 6.91. The largest absolute Gasteiger partial charge is 0.345 e. The third-order valence-corrected chi connectivity index (χ3v) is 4.49. The molecule has 1 amide bonds. The number of carbonyl (C=O) groups excluding carboxylic acids is 1. The van der Waals surface area contributed by atoms with Crippen LogP contribution in [0, 0.1) is 6.92 Å². The Hall–Kier alpha value is -2.14. The third kappa shape index (κ3) is 3.95. The Morgan fingerprint density at radius 2 is 1.68 bits per heavy atom. The van der Waals surface area contributed by atoms with Gasteiger partial charge in [-0.2, -0.15) is 0 Å². The number of carbonyl (C=O) groups is 1. The van der Waals surface area contributed by atoms with Crippen molar-refractivity contribution in [1.29, 1.82) is 0 Å². The lowest BCUT2D eigenvalue weighted by Crippen LogP contribution is -2.27. The van der Waals surface area contributed by atoms with Gasteiger partial charge in [-0.15, -0.1) is 0 Å². The van der Waals surface area contributed by atoms with Gasteiger partial charge in [0.1, 0.15) is 0 Å². The second-order valence-corrected chi connectivity index (χ2v) is 7.40. The van der Waals surface area contributed by atoms with E-state index in [2.05, 4.69) is 5.32 Å². The molecule has 22 heavy (non-hydrogen) atoms. The third-order valence-electron chi connectivity index (χ3n) is 3.38. The molecule has 0 heterocycles. The maximum absolute atomic E-state index is 11.7. The van der Waals surface area contributed by atoms with Crippen molar-refractivity contribution in [3.63, 3.8) is 0 Å². The van der Waals surface area contributed by atoms with Gasteiger partial charge in [0, 0.05) is 13.2 Å². The minimum Gasteiger partial charge on any atom is -0.345 e. The van der Waals surface area contributed by atoms with Gasteiger partial charge in [0.25, 0.3) is 0 Å². The van der Waals surface area contributed by atoms with E-state index in [0.717, 1.165) is 16.7 Å². The summed E-state index contributed by atoms with van der Waals surface area (Å²) in [6, 6.07) is 14.1. The van der Waals surface area contributed by atoms with Crippen molar-refractivity contribution < 1.29 is 13.2 Å². The van der Waals surface area contributed by atoms with Crippen LogP contribution in [0.3, 0.4) is 0 Å². The molecule has 4 nitrogen and oxygen atoms in total.